The summed E-state index contributed by atoms with van der Waals surface area (Å²) in [5, 5.41) is 12.3. The third-order valence-corrected chi connectivity index (χ3v) is 2.76. The van der Waals surface area contributed by atoms with E-state index in [1.807, 2.05) is 12.3 Å². The summed E-state index contributed by atoms with van der Waals surface area (Å²) in [6.07, 6.45) is 0.384. The van der Waals surface area contributed by atoms with Gasteiger partial charge < -0.3 is 10.8 Å². The van der Waals surface area contributed by atoms with Gasteiger partial charge >= 0.3 is 0 Å². The van der Waals surface area contributed by atoms with Gasteiger partial charge in [-0.2, -0.15) is 0 Å². The van der Waals surface area contributed by atoms with Gasteiger partial charge in [-0.05, 0) is 20.3 Å². The maximum atomic E-state index is 9.24. The lowest BCUT2D eigenvalue weighted by Gasteiger charge is -2.13. The largest absolute Gasteiger partial charge is 0.393 e. The first-order valence-corrected chi connectivity index (χ1v) is 5.31. The summed E-state index contributed by atoms with van der Waals surface area (Å²) in [6, 6.07) is 0. The van der Waals surface area contributed by atoms with Crippen molar-refractivity contribution in [1.29, 1.82) is 0 Å². The molecule has 2 unspecified atom stereocenters. The van der Waals surface area contributed by atoms with Gasteiger partial charge in [-0.3, -0.25) is 0 Å². The molecular formula is C9H16N2OS. The zero-order chi connectivity index (χ0) is 9.84. The van der Waals surface area contributed by atoms with Crippen LogP contribution in [0.4, 0.5) is 0 Å². The Morgan fingerprint density at radius 3 is 2.77 bits per heavy atom. The number of thiazole rings is 1. The molecule has 13 heavy (non-hydrogen) atoms. The molecule has 4 heteroatoms. The van der Waals surface area contributed by atoms with Gasteiger partial charge in [-0.1, -0.05) is 0 Å². The van der Waals surface area contributed by atoms with Crippen molar-refractivity contribution in [3.63, 3.8) is 0 Å². The van der Waals surface area contributed by atoms with Crippen molar-refractivity contribution in [3.05, 3.63) is 16.1 Å². The average Bonchev–Trinajstić information content (AvgIpc) is 2.47. The third-order valence-electron chi connectivity index (χ3n) is 1.97. The number of nitrogens with zero attached hydrogens (tertiary/aromatic N) is 1. The summed E-state index contributed by atoms with van der Waals surface area (Å²) in [4.78, 5) is 4.36. The van der Waals surface area contributed by atoms with E-state index in [0.29, 0.717) is 13.0 Å². The van der Waals surface area contributed by atoms with Crippen LogP contribution in [0.15, 0.2) is 5.38 Å². The van der Waals surface area contributed by atoms with E-state index in [0.717, 1.165) is 10.7 Å². The van der Waals surface area contributed by atoms with Gasteiger partial charge in [-0.15, -0.1) is 11.3 Å². The van der Waals surface area contributed by atoms with E-state index >= 15 is 0 Å². The van der Waals surface area contributed by atoms with Crippen LogP contribution in [0, 0.1) is 6.92 Å². The molecule has 0 spiro atoms. The molecule has 0 fully saturated rings. The molecule has 3 nitrogen and oxygen atoms in total. The van der Waals surface area contributed by atoms with E-state index in [9.17, 15) is 5.11 Å². The number of aliphatic hydroxyl groups excluding tert-OH is 1. The smallest absolute Gasteiger partial charge is 0.0897 e. The summed E-state index contributed by atoms with van der Waals surface area (Å²) >= 11 is 1.63. The third kappa shape index (κ3) is 3.06. The summed E-state index contributed by atoms with van der Waals surface area (Å²) < 4.78 is 0. The van der Waals surface area contributed by atoms with Crippen molar-refractivity contribution in [2.45, 2.75) is 32.3 Å². The van der Waals surface area contributed by atoms with Crippen molar-refractivity contribution in [2.75, 3.05) is 6.54 Å². The van der Waals surface area contributed by atoms with E-state index < -0.39 is 0 Å². The molecule has 3 N–H and O–H groups in total. The van der Waals surface area contributed by atoms with Crippen LogP contribution in [0.5, 0.6) is 0 Å². The Morgan fingerprint density at radius 1 is 1.69 bits per heavy atom. The van der Waals surface area contributed by atoms with E-state index in [2.05, 4.69) is 4.98 Å². The van der Waals surface area contributed by atoms with Crippen LogP contribution in [0.1, 0.15) is 30.0 Å². The minimum absolute atomic E-state index is 0.199. The van der Waals surface area contributed by atoms with Gasteiger partial charge in [0.15, 0.2) is 0 Å². The number of aliphatic hydroxyl groups is 1. The second kappa shape index (κ2) is 4.69. The molecule has 0 aliphatic carbocycles. The normalized spacial score (nSPS) is 15.7. The Hall–Kier alpha value is -0.450. The van der Waals surface area contributed by atoms with Crippen LogP contribution in [0.2, 0.25) is 0 Å². The average molecular weight is 200 g/mol. The number of aromatic nitrogens is 1. The number of hydrogen-bond acceptors (Lipinski definition) is 4. The first-order valence-electron chi connectivity index (χ1n) is 4.43. The first-order chi connectivity index (χ1) is 6.13. The molecule has 0 amide bonds. The van der Waals surface area contributed by atoms with Crippen LogP contribution in [-0.4, -0.2) is 22.7 Å². The lowest BCUT2D eigenvalue weighted by Crippen LogP contribution is -2.17. The molecular weight excluding hydrogens is 184 g/mol. The minimum Gasteiger partial charge on any atom is -0.393 e. The van der Waals surface area contributed by atoms with Gasteiger partial charge in [-0.25, -0.2) is 4.98 Å². The Morgan fingerprint density at radius 2 is 2.38 bits per heavy atom. The van der Waals surface area contributed by atoms with Crippen molar-refractivity contribution < 1.29 is 5.11 Å². The maximum absolute atomic E-state index is 9.24. The topological polar surface area (TPSA) is 59.1 Å². The molecule has 0 aromatic carbocycles. The molecule has 1 rings (SSSR count). The van der Waals surface area contributed by atoms with Gasteiger partial charge in [0.05, 0.1) is 16.8 Å². The molecule has 0 aliphatic heterocycles. The fourth-order valence-electron chi connectivity index (χ4n) is 1.32. The lowest BCUT2D eigenvalue weighted by atomic mass is 10.00. The van der Waals surface area contributed by atoms with E-state index in [-0.39, 0.29) is 12.0 Å². The molecule has 74 valence electrons. The molecule has 1 heterocycles. The van der Waals surface area contributed by atoms with Gasteiger partial charge in [0.25, 0.3) is 0 Å². The second-order valence-corrected chi connectivity index (χ2v) is 4.37. The molecule has 1 aromatic heterocycles. The molecule has 0 radical (unpaired) electrons. The molecule has 2 atom stereocenters. The Balaban J connectivity index is 2.66. The van der Waals surface area contributed by atoms with Crippen LogP contribution in [0.25, 0.3) is 0 Å². The molecule has 0 saturated heterocycles. The van der Waals surface area contributed by atoms with Crippen molar-refractivity contribution in [1.82, 2.24) is 4.98 Å². The van der Waals surface area contributed by atoms with Crippen LogP contribution < -0.4 is 5.73 Å². The zero-order valence-electron chi connectivity index (χ0n) is 8.03. The molecule has 1 aromatic rings. The van der Waals surface area contributed by atoms with E-state index in [1.54, 1.807) is 18.3 Å². The van der Waals surface area contributed by atoms with Crippen LogP contribution >= 0.6 is 11.3 Å². The summed E-state index contributed by atoms with van der Waals surface area (Å²) in [6.45, 7) is 4.31. The highest BCUT2D eigenvalue weighted by Crippen LogP contribution is 2.21. The van der Waals surface area contributed by atoms with Gasteiger partial charge in [0.2, 0.25) is 0 Å². The Kier molecular flexibility index (Phi) is 3.84. The zero-order valence-corrected chi connectivity index (χ0v) is 8.84. The van der Waals surface area contributed by atoms with Crippen molar-refractivity contribution in [2.24, 2.45) is 5.73 Å². The fourth-order valence-corrected chi connectivity index (χ4v) is 2.01. The van der Waals surface area contributed by atoms with Gasteiger partial charge in [0.1, 0.15) is 0 Å². The number of nitrogens with two attached hydrogens (primary N) is 1. The van der Waals surface area contributed by atoms with Crippen molar-refractivity contribution >= 4 is 11.3 Å². The SMILES string of the molecule is Cc1nc(C(CN)CC(C)O)cs1. The monoisotopic (exact) mass is 200 g/mol. The maximum Gasteiger partial charge on any atom is 0.0897 e. The quantitative estimate of drug-likeness (QED) is 0.769. The summed E-state index contributed by atoms with van der Waals surface area (Å²) in [5.41, 5.74) is 6.64. The fraction of sp³-hybridized carbons (Fsp3) is 0.667. The predicted octanol–water partition coefficient (Wildman–Crippen LogP) is 1.26. The van der Waals surface area contributed by atoms with Gasteiger partial charge in [0, 0.05) is 17.8 Å². The summed E-state index contributed by atoms with van der Waals surface area (Å²) in [7, 11) is 0. The minimum atomic E-state index is -0.310. The number of hydrogen-bond donors (Lipinski definition) is 2. The first kappa shape index (κ1) is 10.6. The van der Waals surface area contributed by atoms with Crippen LogP contribution in [-0.2, 0) is 0 Å². The Bertz CT molecular complexity index is 260. The highest BCUT2D eigenvalue weighted by Gasteiger charge is 2.14. The lowest BCUT2D eigenvalue weighted by molar-refractivity contribution is 0.174. The van der Waals surface area contributed by atoms with E-state index in [1.165, 1.54) is 0 Å². The van der Waals surface area contributed by atoms with Crippen LogP contribution in [0.3, 0.4) is 0 Å². The molecule has 0 bridgehead atoms. The number of rotatable bonds is 4. The molecule has 0 aliphatic rings. The standard InChI is InChI=1S/C9H16N2OS/c1-6(12)3-8(4-10)9-5-13-7(2)11-9/h5-6,8,12H,3-4,10H2,1-2H3. The molecule has 0 saturated carbocycles. The van der Waals surface area contributed by atoms with Crippen molar-refractivity contribution in [3.8, 4) is 0 Å². The Labute approximate surface area is 82.6 Å². The summed E-state index contributed by atoms with van der Waals surface area (Å²) in [5.74, 6) is 0.199. The predicted molar refractivity (Wildman–Crippen MR) is 54.9 cm³/mol. The number of aryl methyl sites for hydroxylation is 1. The highest BCUT2D eigenvalue weighted by atomic mass is 32.1. The second-order valence-electron chi connectivity index (χ2n) is 3.31. The highest BCUT2D eigenvalue weighted by molar-refractivity contribution is 7.09. The van der Waals surface area contributed by atoms with E-state index in [4.69, 9.17) is 5.73 Å².